The first-order valence-corrected chi connectivity index (χ1v) is 5.29. The standard InChI is InChI=1S/C11H14O3/c12-8-2-1-4-11-5-3-7(14-11)6-9(13)10(8)11/h3,5,7-8,10,12H,1-2,4,6H2/t7-,8+,10+,11+/m0/s1. The van der Waals surface area contributed by atoms with Gasteiger partial charge in [-0.2, -0.15) is 0 Å². The second-order valence-corrected chi connectivity index (χ2v) is 4.58. The Morgan fingerprint density at radius 2 is 2.43 bits per heavy atom. The summed E-state index contributed by atoms with van der Waals surface area (Å²) in [4.78, 5) is 11.8. The molecule has 3 nitrogen and oxygen atoms in total. The van der Waals surface area contributed by atoms with Crippen molar-refractivity contribution in [3.05, 3.63) is 12.2 Å². The van der Waals surface area contributed by atoms with Gasteiger partial charge in [0.1, 0.15) is 5.78 Å². The third kappa shape index (κ3) is 0.969. The predicted molar refractivity (Wildman–Crippen MR) is 49.7 cm³/mol. The molecule has 3 rings (SSSR count). The van der Waals surface area contributed by atoms with Gasteiger partial charge in [0, 0.05) is 6.42 Å². The third-order valence-electron chi connectivity index (χ3n) is 3.69. The Morgan fingerprint density at radius 3 is 3.29 bits per heavy atom. The molecular weight excluding hydrogens is 180 g/mol. The molecule has 2 heterocycles. The van der Waals surface area contributed by atoms with Crippen molar-refractivity contribution in [2.45, 2.75) is 43.5 Å². The first-order valence-electron chi connectivity index (χ1n) is 5.29. The molecule has 0 unspecified atom stereocenters. The Hall–Kier alpha value is -0.670. The molecule has 3 aliphatic rings. The lowest BCUT2D eigenvalue weighted by Gasteiger charge is -2.45. The molecule has 2 fully saturated rings. The fourth-order valence-corrected chi connectivity index (χ4v) is 3.11. The molecular formula is C11H14O3. The van der Waals surface area contributed by atoms with Crippen molar-refractivity contribution in [2.24, 2.45) is 5.92 Å². The SMILES string of the molecule is O=C1C[C@@H]2C=C[C@@]3(CCC[C@@H](O)[C@H]13)O2. The van der Waals surface area contributed by atoms with E-state index in [1.54, 1.807) is 0 Å². The van der Waals surface area contributed by atoms with Gasteiger partial charge in [0.05, 0.1) is 23.7 Å². The summed E-state index contributed by atoms with van der Waals surface area (Å²) >= 11 is 0. The summed E-state index contributed by atoms with van der Waals surface area (Å²) in [6, 6.07) is 0. The molecule has 2 bridgehead atoms. The highest BCUT2D eigenvalue weighted by Gasteiger charge is 2.54. The van der Waals surface area contributed by atoms with Crippen LogP contribution in [0.25, 0.3) is 0 Å². The van der Waals surface area contributed by atoms with Crippen LogP contribution in [-0.2, 0) is 9.53 Å². The molecule has 0 aromatic heterocycles. The van der Waals surface area contributed by atoms with E-state index in [1.807, 2.05) is 12.2 Å². The van der Waals surface area contributed by atoms with Crippen LogP contribution in [0, 0.1) is 5.92 Å². The maximum absolute atomic E-state index is 11.8. The average Bonchev–Trinajstić information content (AvgIpc) is 2.43. The normalized spacial score (nSPS) is 50.6. The molecule has 0 amide bonds. The topological polar surface area (TPSA) is 46.5 Å². The summed E-state index contributed by atoms with van der Waals surface area (Å²) < 4.78 is 5.84. The van der Waals surface area contributed by atoms with Crippen molar-refractivity contribution in [2.75, 3.05) is 0 Å². The van der Waals surface area contributed by atoms with Gasteiger partial charge in [-0.25, -0.2) is 0 Å². The third-order valence-corrected chi connectivity index (χ3v) is 3.69. The van der Waals surface area contributed by atoms with Crippen molar-refractivity contribution in [3.63, 3.8) is 0 Å². The van der Waals surface area contributed by atoms with Gasteiger partial charge in [0.2, 0.25) is 0 Å². The number of aliphatic hydroxyl groups is 1. The van der Waals surface area contributed by atoms with Gasteiger partial charge in [-0.05, 0) is 19.3 Å². The van der Waals surface area contributed by atoms with E-state index in [0.29, 0.717) is 6.42 Å². The molecule has 3 heteroatoms. The van der Waals surface area contributed by atoms with Gasteiger partial charge in [0.25, 0.3) is 0 Å². The Labute approximate surface area is 82.8 Å². The van der Waals surface area contributed by atoms with E-state index < -0.39 is 11.7 Å². The summed E-state index contributed by atoms with van der Waals surface area (Å²) in [7, 11) is 0. The fourth-order valence-electron chi connectivity index (χ4n) is 3.11. The average molecular weight is 194 g/mol. The molecule has 1 aliphatic carbocycles. The highest BCUT2D eigenvalue weighted by molar-refractivity contribution is 5.85. The Morgan fingerprint density at radius 1 is 1.57 bits per heavy atom. The van der Waals surface area contributed by atoms with E-state index in [1.165, 1.54) is 0 Å². The lowest BCUT2D eigenvalue weighted by atomic mass is 9.70. The number of ether oxygens (including phenoxy) is 1. The van der Waals surface area contributed by atoms with Crippen LogP contribution in [0.1, 0.15) is 25.7 Å². The first kappa shape index (κ1) is 8.62. The largest absolute Gasteiger partial charge is 0.392 e. The molecule has 4 atom stereocenters. The number of hydrogen-bond acceptors (Lipinski definition) is 3. The van der Waals surface area contributed by atoms with E-state index in [9.17, 15) is 9.90 Å². The minimum atomic E-state index is -0.500. The number of aliphatic hydroxyl groups excluding tert-OH is 1. The van der Waals surface area contributed by atoms with Crippen molar-refractivity contribution < 1.29 is 14.6 Å². The smallest absolute Gasteiger partial charge is 0.144 e. The predicted octanol–water partition coefficient (Wildman–Crippen LogP) is 0.814. The van der Waals surface area contributed by atoms with Crippen LogP contribution in [0.2, 0.25) is 0 Å². The summed E-state index contributed by atoms with van der Waals surface area (Å²) in [6.07, 6.45) is 6.48. The molecule has 76 valence electrons. The highest BCUT2D eigenvalue weighted by atomic mass is 16.5. The van der Waals surface area contributed by atoms with Crippen LogP contribution in [0.3, 0.4) is 0 Å². The molecule has 0 aromatic carbocycles. The molecule has 0 aromatic rings. The van der Waals surface area contributed by atoms with Gasteiger partial charge in [-0.3, -0.25) is 4.79 Å². The number of Topliss-reactive ketones (excluding diaryl/α,β-unsaturated/α-hetero) is 1. The molecule has 1 saturated carbocycles. The van der Waals surface area contributed by atoms with Gasteiger partial charge < -0.3 is 9.84 Å². The summed E-state index contributed by atoms with van der Waals surface area (Å²) in [5.41, 5.74) is -0.447. The van der Waals surface area contributed by atoms with Gasteiger partial charge in [-0.1, -0.05) is 12.2 Å². The quantitative estimate of drug-likeness (QED) is 0.580. The summed E-state index contributed by atoms with van der Waals surface area (Å²) in [5, 5.41) is 9.85. The maximum Gasteiger partial charge on any atom is 0.144 e. The second kappa shape index (κ2) is 2.67. The molecule has 1 saturated heterocycles. The van der Waals surface area contributed by atoms with Crippen molar-refractivity contribution in [1.29, 1.82) is 0 Å². The van der Waals surface area contributed by atoms with Crippen molar-refractivity contribution in [1.82, 2.24) is 0 Å². The van der Waals surface area contributed by atoms with Crippen LogP contribution in [0.5, 0.6) is 0 Å². The lowest BCUT2D eigenvalue weighted by Crippen LogP contribution is -2.54. The number of carbonyl (C=O) groups is 1. The number of carbonyl (C=O) groups excluding carboxylic acids is 1. The molecule has 2 aliphatic heterocycles. The molecule has 1 spiro atoms. The minimum absolute atomic E-state index is 0.0240. The highest BCUT2D eigenvalue weighted by Crippen LogP contribution is 2.47. The number of ketones is 1. The second-order valence-electron chi connectivity index (χ2n) is 4.58. The zero-order valence-electron chi connectivity index (χ0n) is 7.98. The van der Waals surface area contributed by atoms with Crippen LogP contribution >= 0.6 is 0 Å². The number of rotatable bonds is 0. The van der Waals surface area contributed by atoms with Gasteiger partial charge >= 0.3 is 0 Å². The van der Waals surface area contributed by atoms with Crippen LogP contribution in [-0.4, -0.2) is 28.7 Å². The van der Waals surface area contributed by atoms with Gasteiger partial charge in [-0.15, -0.1) is 0 Å². The van der Waals surface area contributed by atoms with Crippen molar-refractivity contribution >= 4 is 5.78 Å². The van der Waals surface area contributed by atoms with E-state index in [4.69, 9.17) is 4.74 Å². The zero-order valence-corrected chi connectivity index (χ0v) is 7.98. The monoisotopic (exact) mass is 194 g/mol. The summed E-state index contributed by atoms with van der Waals surface area (Å²) in [5.74, 6) is -0.121. The van der Waals surface area contributed by atoms with E-state index >= 15 is 0 Å². The Bertz CT molecular complexity index is 310. The zero-order chi connectivity index (χ0) is 9.76. The van der Waals surface area contributed by atoms with E-state index in [0.717, 1.165) is 19.3 Å². The van der Waals surface area contributed by atoms with Crippen LogP contribution < -0.4 is 0 Å². The van der Waals surface area contributed by atoms with Gasteiger partial charge in [0.15, 0.2) is 0 Å². The molecule has 1 N–H and O–H groups in total. The Kier molecular flexibility index (Phi) is 1.65. The summed E-state index contributed by atoms with van der Waals surface area (Å²) in [6.45, 7) is 0. The minimum Gasteiger partial charge on any atom is -0.392 e. The molecule has 0 radical (unpaired) electrons. The van der Waals surface area contributed by atoms with E-state index in [-0.39, 0.29) is 17.8 Å². The van der Waals surface area contributed by atoms with Crippen molar-refractivity contribution in [3.8, 4) is 0 Å². The number of hydrogen-bond donors (Lipinski definition) is 1. The van der Waals surface area contributed by atoms with Crippen LogP contribution in [0.15, 0.2) is 12.2 Å². The van der Waals surface area contributed by atoms with Crippen LogP contribution in [0.4, 0.5) is 0 Å². The number of fused-ring (bicyclic) bond motifs is 1. The fraction of sp³-hybridized carbons (Fsp3) is 0.727. The van der Waals surface area contributed by atoms with E-state index in [2.05, 4.69) is 0 Å². The molecule has 14 heavy (non-hydrogen) atoms. The Balaban J connectivity index is 2.02. The maximum atomic E-state index is 11.8. The lowest BCUT2D eigenvalue weighted by molar-refractivity contribution is -0.171. The first-order chi connectivity index (χ1) is 6.71.